The van der Waals surface area contributed by atoms with Crippen molar-refractivity contribution in [2.75, 3.05) is 0 Å². The predicted molar refractivity (Wildman–Crippen MR) is 56.0 cm³/mol. The van der Waals surface area contributed by atoms with Crippen molar-refractivity contribution in [2.24, 2.45) is 23.5 Å². The second kappa shape index (κ2) is 5.58. The summed E-state index contributed by atoms with van der Waals surface area (Å²) in [7, 11) is 0. The minimum atomic E-state index is 0.342. The standard InChI is InChI=1S/C11H25N/c1-6-8(3)11(10(5)12)9(4)7-2/h8-11H,6-7,12H2,1-5H3. The van der Waals surface area contributed by atoms with E-state index >= 15 is 0 Å². The van der Waals surface area contributed by atoms with Gasteiger partial charge in [-0.1, -0.05) is 40.5 Å². The monoisotopic (exact) mass is 171 g/mol. The van der Waals surface area contributed by atoms with Crippen molar-refractivity contribution < 1.29 is 0 Å². The lowest BCUT2D eigenvalue weighted by Crippen LogP contribution is -2.35. The second-order valence-electron chi connectivity index (χ2n) is 4.21. The van der Waals surface area contributed by atoms with Gasteiger partial charge in [0.05, 0.1) is 0 Å². The first kappa shape index (κ1) is 12.0. The molecule has 0 aromatic heterocycles. The van der Waals surface area contributed by atoms with Crippen molar-refractivity contribution in [3.8, 4) is 0 Å². The van der Waals surface area contributed by atoms with Gasteiger partial charge in [0, 0.05) is 6.04 Å². The summed E-state index contributed by atoms with van der Waals surface area (Å²) in [5.41, 5.74) is 5.99. The van der Waals surface area contributed by atoms with E-state index in [-0.39, 0.29) is 0 Å². The minimum Gasteiger partial charge on any atom is -0.328 e. The van der Waals surface area contributed by atoms with Crippen LogP contribution in [0, 0.1) is 17.8 Å². The van der Waals surface area contributed by atoms with Gasteiger partial charge in [0.15, 0.2) is 0 Å². The van der Waals surface area contributed by atoms with E-state index < -0.39 is 0 Å². The van der Waals surface area contributed by atoms with Gasteiger partial charge in [-0.05, 0) is 24.7 Å². The maximum Gasteiger partial charge on any atom is 0.00438 e. The van der Waals surface area contributed by atoms with Crippen molar-refractivity contribution in [3.63, 3.8) is 0 Å². The molecule has 74 valence electrons. The number of rotatable bonds is 5. The Hall–Kier alpha value is -0.0400. The van der Waals surface area contributed by atoms with Crippen LogP contribution in [-0.2, 0) is 0 Å². The third-order valence-electron chi connectivity index (χ3n) is 3.21. The maximum atomic E-state index is 5.99. The Morgan fingerprint density at radius 1 is 0.917 bits per heavy atom. The van der Waals surface area contributed by atoms with Gasteiger partial charge in [-0.2, -0.15) is 0 Å². The van der Waals surface area contributed by atoms with Crippen molar-refractivity contribution in [2.45, 2.75) is 53.5 Å². The fourth-order valence-corrected chi connectivity index (χ4v) is 2.14. The predicted octanol–water partition coefficient (Wildman–Crippen LogP) is 3.04. The SMILES string of the molecule is CCC(C)C(C(C)N)C(C)CC. The smallest absolute Gasteiger partial charge is 0.00438 e. The van der Waals surface area contributed by atoms with Crippen molar-refractivity contribution >= 4 is 0 Å². The van der Waals surface area contributed by atoms with Gasteiger partial charge >= 0.3 is 0 Å². The molecule has 0 amide bonds. The Morgan fingerprint density at radius 2 is 1.25 bits per heavy atom. The fourth-order valence-electron chi connectivity index (χ4n) is 2.14. The van der Waals surface area contributed by atoms with Crippen molar-refractivity contribution in [3.05, 3.63) is 0 Å². The number of hydrogen-bond donors (Lipinski definition) is 1. The minimum absolute atomic E-state index is 0.342. The summed E-state index contributed by atoms with van der Waals surface area (Å²) in [4.78, 5) is 0. The molecule has 0 rings (SSSR count). The number of hydrogen-bond acceptors (Lipinski definition) is 1. The fraction of sp³-hybridized carbons (Fsp3) is 1.00. The molecule has 0 bridgehead atoms. The molecule has 0 aromatic carbocycles. The molecule has 0 saturated heterocycles. The molecule has 3 unspecified atom stereocenters. The van der Waals surface area contributed by atoms with E-state index in [2.05, 4.69) is 34.6 Å². The van der Waals surface area contributed by atoms with Crippen LogP contribution in [0.4, 0.5) is 0 Å². The zero-order valence-corrected chi connectivity index (χ0v) is 9.30. The average molecular weight is 171 g/mol. The van der Waals surface area contributed by atoms with E-state index in [1.807, 2.05) is 0 Å². The highest BCUT2D eigenvalue weighted by molar-refractivity contribution is 4.77. The molecule has 0 aliphatic rings. The van der Waals surface area contributed by atoms with Crippen LogP contribution in [0.1, 0.15) is 47.5 Å². The van der Waals surface area contributed by atoms with E-state index in [1.165, 1.54) is 12.8 Å². The summed E-state index contributed by atoms with van der Waals surface area (Å²) in [5.74, 6) is 2.22. The molecule has 12 heavy (non-hydrogen) atoms. The Kier molecular flexibility index (Phi) is 5.56. The number of nitrogens with two attached hydrogens (primary N) is 1. The van der Waals surface area contributed by atoms with Crippen LogP contribution in [-0.4, -0.2) is 6.04 Å². The van der Waals surface area contributed by atoms with Gasteiger partial charge in [0.25, 0.3) is 0 Å². The lowest BCUT2D eigenvalue weighted by atomic mass is 9.77. The molecular weight excluding hydrogens is 146 g/mol. The third kappa shape index (κ3) is 3.14. The van der Waals surface area contributed by atoms with Crippen LogP contribution in [0.5, 0.6) is 0 Å². The Morgan fingerprint density at radius 3 is 1.42 bits per heavy atom. The zero-order chi connectivity index (χ0) is 9.72. The molecule has 0 aliphatic heterocycles. The molecule has 0 aliphatic carbocycles. The summed E-state index contributed by atoms with van der Waals surface area (Å²) < 4.78 is 0. The Balaban J connectivity index is 4.21. The van der Waals surface area contributed by atoms with E-state index in [0.29, 0.717) is 12.0 Å². The molecule has 1 nitrogen and oxygen atoms in total. The molecular formula is C11H25N. The quantitative estimate of drug-likeness (QED) is 0.676. The molecule has 0 aromatic rings. The summed E-state index contributed by atoms with van der Waals surface area (Å²) in [5, 5.41) is 0. The van der Waals surface area contributed by atoms with E-state index in [1.54, 1.807) is 0 Å². The summed E-state index contributed by atoms with van der Waals surface area (Å²) in [6.45, 7) is 11.3. The highest BCUT2D eigenvalue weighted by Gasteiger charge is 2.24. The van der Waals surface area contributed by atoms with Gasteiger partial charge in [-0.25, -0.2) is 0 Å². The van der Waals surface area contributed by atoms with Crippen LogP contribution in [0.2, 0.25) is 0 Å². The molecule has 0 fully saturated rings. The van der Waals surface area contributed by atoms with Crippen LogP contribution in [0.25, 0.3) is 0 Å². The molecule has 0 spiro atoms. The molecule has 1 heteroatoms. The van der Waals surface area contributed by atoms with Crippen molar-refractivity contribution in [1.82, 2.24) is 0 Å². The Labute approximate surface area is 77.7 Å². The first-order valence-corrected chi connectivity index (χ1v) is 5.30. The van der Waals surface area contributed by atoms with Crippen LogP contribution in [0.15, 0.2) is 0 Å². The normalized spacial score (nSPS) is 21.5. The van der Waals surface area contributed by atoms with Gasteiger partial charge < -0.3 is 5.73 Å². The topological polar surface area (TPSA) is 26.0 Å². The van der Waals surface area contributed by atoms with Gasteiger partial charge in [-0.15, -0.1) is 0 Å². The van der Waals surface area contributed by atoms with E-state index in [4.69, 9.17) is 5.73 Å². The first-order valence-electron chi connectivity index (χ1n) is 5.30. The van der Waals surface area contributed by atoms with Crippen LogP contribution >= 0.6 is 0 Å². The molecule has 3 atom stereocenters. The highest BCUT2D eigenvalue weighted by Crippen LogP contribution is 2.27. The third-order valence-corrected chi connectivity index (χ3v) is 3.21. The van der Waals surface area contributed by atoms with Crippen molar-refractivity contribution in [1.29, 1.82) is 0 Å². The largest absolute Gasteiger partial charge is 0.328 e. The van der Waals surface area contributed by atoms with Gasteiger partial charge in [0.2, 0.25) is 0 Å². The van der Waals surface area contributed by atoms with Crippen LogP contribution < -0.4 is 5.73 Å². The van der Waals surface area contributed by atoms with E-state index in [0.717, 1.165) is 11.8 Å². The van der Waals surface area contributed by atoms with Gasteiger partial charge in [0.1, 0.15) is 0 Å². The lowest BCUT2D eigenvalue weighted by Gasteiger charge is -2.31. The second-order valence-corrected chi connectivity index (χ2v) is 4.21. The van der Waals surface area contributed by atoms with Crippen LogP contribution in [0.3, 0.4) is 0 Å². The maximum absolute atomic E-state index is 5.99. The summed E-state index contributed by atoms with van der Waals surface area (Å²) in [6.07, 6.45) is 2.49. The average Bonchev–Trinajstić information content (AvgIpc) is 2.03. The molecule has 0 heterocycles. The highest BCUT2D eigenvalue weighted by atomic mass is 14.6. The first-order chi connectivity index (χ1) is 5.54. The molecule has 0 saturated carbocycles. The van der Waals surface area contributed by atoms with E-state index in [9.17, 15) is 0 Å². The summed E-state index contributed by atoms with van der Waals surface area (Å²) in [6, 6.07) is 0.342. The molecule has 2 N–H and O–H groups in total. The summed E-state index contributed by atoms with van der Waals surface area (Å²) >= 11 is 0. The van der Waals surface area contributed by atoms with Gasteiger partial charge in [-0.3, -0.25) is 0 Å². The Bertz CT molecular complexity index is 99.6. The lowest BCUT2D eigenvalue weighted by molar-refractivity contribution is 0.210. The zero-order valence-electron chi connectivity index (χ0n) is 9.30. The molecule has 0 radical (unpaired) electrons.